The number of likely N-dealkylation sites (tertiary alicyclic amines) is 1. The number of nitrogens with one attached hydrogen (secondary N) is 1. The molecular weight excluding hydrogens is 264 g/mol. The van der Waals surface area contributed by atoms with Gasteiger partial charge in [-0.1, -0.05) is 0 Å². The van der Waals surface area contributed by atoms with E-state index in [1.807, 2.05) is 31.5 Å². The highest BCUT2D eigenvalue weighted by Crippen LogP contribution is 2.25. The zero-order chi connectivity index (χ0) is 14.7. The van der Waals surface area contributed by atoms with Gasteiger partial charge in [-0.15, -0.1) is 0 Å². The first-order valence-corrected chi connectivity index (χ1v) is 7.57. The summed E-state index contributed by atoms with van der Waals surface area (Å²) in [6.07, 6.45) is 7.49. The number of aromatic amines is 1. The first-order chi connectivity index (χ1) is 10.2. The predicted octanol–water partition coefficient (Wildman–Crippen LogP) is 2.06. The number of aliphatic hydroxyl groups is 1. The van der Waals surface area contributed by atoms with Crippen LogP contribution in [0.5, 0.6) is 0 Å². The van der Waals surface area contributed by atoms with Crippen molar-refractivity contribution in [3.8, 4) is 11.3 Å². The molecule has 1 atom stereocenters. The van der Waals surface area contributed by atoms with Crippen molar-refractivity contribution in [3.05, 3.63) is 36.3 Å². The van der Waals surface area contributed by atoms with Gasteiger partial charge in [-0.05, 0) is 50.9 Å². The Bertz CT molecular complexity index is 559. The molecule has 3 heterocycles. The molecule has 1 fully saturated rings. The van der Waals surface area contributed by atoms with Crippen molar-refractivity contribution in [2.24, 2.45) is 5.92 Å². The molecule has 1 saturated heterocycles. The summed E-state index contributed by atoms with van der Waals surface area (Å²) in [6, 6.07) is 3.98. The average molecular weight is 286 g/mol. The van der Waals surface area contributed by atoms with Gasteiger partial charge in [0, 0.05) is 30.1 Å². The Morgan fingerprint density at radius 3 is 2.86 bits per heavy atom. The zero-order valence-corrected chi connectivity index (χ0v) is 12.4. The first-order valence-electron chi connectivity index (χ1n) is 7.57. The average Bonchev–Trinajstić information content (AvgIpc) is 2.97. The van der Waals surface area contributed by atoms with E-state index in [1.54, 1.807) is 6.20 Å². The second-order valence-electron chi connectivity index (χ2n) is 5.87. The molecule has 2 aromatic heterocycles. The van der Waals surface area contributed by atoms with Crippen LogP contribution in [0.4, 0.5) is 0 Å². The summed E-state index contributed by atoms with van der Waals surface area (Å²) in [7, 11) is 0. The lowest BCUT2D eigenvalue weighted by Crippen LogP contribution is -2.36. The largest absolute Gasteiger partial charge is 0.393 e. The van der Waals surface area contributed by atoms with Gasteiger partial charge in [-0.25, -0.2) is 0 Å². The number of aliphatic hydroxyl groups excluding tert-OH is 1. The molecule has 0 aliphatic carbocycles. The lowest BCUT2D eigenvalue weighted by atomic mass is 9.92. The minimum Gasteiger partial charge on any atom is -0.393 e. The van der Waals surface area contributed by atoms with E-state index in [0.29, 0.717) is 5.92 Å². The Labute approximate surface area is 125 Å². The highest BCUT2D eigenvalue weighted by atomic mass is 16.3. The summed E-state index contributed by atoms with van der Waals surface area (Å²) in [4.78, 5) is 6.60. The topological polar surface area (TPSA) is 65.0 Å². The van der Waals surface area contributed by atoms with Crippen LogP contribution in [0.25, 0.3) is 11.3 Å². The zero-order valence-electron chi connectivity index (χ0n) is 12.4. The lowest BCUT2D eigenvalue weighted by molar-refractivity contribution is 0.0696. The van der Waals surface area contributed by atoms with E-state index in [2.05, 4.69) is 20.1 Å². The van der Waals surface area contributed by atoms with E-state index in [9.17, 15) is 5.11 Å². The monoisotopic (exact) mass is 286 g/mol. The van der Waals surface area contributed by atoms with Crippen LogP contribution in [-0.4, -0.2) is 44.4 Å². The minimum absolute atomic E-state index is 0.188. The fraction of sp³-hybridized carbons (Fsp3) is 0.500. The number of rotatable bonds is 4. The van der Waals surface area contributed by atoms with Gasteiger partial charge < -0.3 is 5.11 Å². The number of H-pyrrole nitrogens is 1. The van der Waals surface area contributed by atoms with Crippen LogP contribution in [0, 0.1) is 5.92 Å². The van der Waals surface area contributed by atoms with E-state index in [0.717, 1.165) is 43.7 Å². The maximum Gasteiger partial charge on any atom is 0.0710 e. The number of hydrogen-bond donors (Lipinski definition) is 2. The van der Waals surface area contributed by atoms with Crippen molar-refractivity contribution in [1.82, 2.24) is 20.1 Å². The second kappa shape index (κ2) is 6.37. The molecule has 2 aromatic rings. The summed E-state index contributed by atoms with van der Waals surface area (Å²) in [5, 5.41) is 16.9. The van der Waals surface area contributed by atoms with Gasteiger partial charge in [-0.3, -0.25) is 15.0 Å². The Morgan fingerprint density at radius 2 is 2.19 bits per heavy atom. The molecule has 21 heavy (non-hydrogen) atoms. The molecule has 5 nitrogen and oxygen atoms in total. The normalized spacial score (nSPS) is 18.8. The van der Waals surface area contributed by atoms with E-state index in [4.69, 9.17) is 0 Å². The van der Waals surface area contributed by atoms with Crippen LogP contribution in [0.1, 0.15) is 25.3 Å². The first kappa shape index (κ1) is 14.2. The molecule has 1 unspecified atom stereocenters. The third kappa shape index (κ3) is 3.31. The fourth-order valence-corrected chi connectivity index (χ4v) is 3.03. The van der Waals surface area contributed by atoms with Gasteiger partial charge in [-0.2, -0.15) is 5.10 Å². The van der Waals surface area contributed by atoms with Gasteiger partial charge in [0.15, 0.2) is 0 Å². The molecule has 0 amide bonds. The van der Waals surface area contributed by atoms with Gasteiger partial charge >= 0.3 is 0 Å². The Morgan fingerprint density at radius 1 is 1.38 bits per heavy atom. The van der Waals surface area contributed by atoms with Crippen LogP contribution in [-0.2, 0) is 6.54 Å². The Kier molecular flexibility index (Phi) is 4.31. The number of aromatic nitrogens is 3. The summed E-state index contributed by atoms with van der Waals surface area (Å²) in [5.74, 6) is 0.448. The SMILES string of the molecule is CC(O)C1CCN(Cc2cn[nH]c2-c2cccnc2)CC1. The van der Waals surface area contributed by atoms with Crippen molar-refractivity contribution in [1.29, 1.82) is 0 Å². The van der Waals surface area contributed by atoms with Crippen LogP contribution in [0.2, 0.25) is 0 Å². The minimum atomic E-state index is -0.188. The maximum absolute atomic E-state index is 9.67. The van der Waals surface area contributed by atoms with Gasteiger partial charge in [0.2, 0.25) is 0 Å². The van der Waals surface area contributed by atoms with E-state index < -0.39 is 0 Å². The quantitative estimate of drug-likeness (QED) is 0.903. The van der Waals surface area contributed by atoms with Crippen LogP contribution < -0.4 is 0 Å². The van der Waals surface area contributed by atoms with E-state index in [1.165, 1.54) is 5.56 Å². The summed E-state index contributed by atoms with van der Waals surface area (Å²) in [6.45, 7) is 4.87. The number of pyridine rings is 1. The Hall–Kier alpha value is -1.72. The van der Waals surface area contributed by atoms with Crippen LogP contribution in [0.15, 0.2) is 30.7 Å². The molecule has 5 heteroatoms. The lowest BCUT2D eigenvalue weighted by Gasteiger charge is -2.33. The molecule has 1 aliphatic heterocycles. The molecule has 2 N–H and O–H groups in total. The number of piperidine rings is 1. The molecule has 0 spiro atoms. The van der Waals surface area contributed by atoms with Crippen LogP contribution >= 0.6 is 0 Å². The van der Waals surface area contributed by atoms with Gasteiger partial charge in [0.25, 0.3) is 0 Å². The smallest absolute Gasteiger partial charge is 0.0710 e. The van der Waals surface area contributed by atoms with Crippen molar-refractivity contribution in [2.45, 2.75) is 32.4 Å². The molecule has 3 rings (SSSR count). The van der Waals surface area contributed by atoms with Crippen molar-refractivity contribution in [2.75, 3.05) is 13.1 Å². The predicted molar refractivity (Wildman–Crippen MR) is 81.5 cm³/mol. The number of hydrogen-bond acceptors (Lipinski definition) is 4. The van der Waals surface area contributed by atoms with Crippen molar-refractivity contribution < 1.29 is 5.11 Å². The van der Waals surface area contributed by atoms with E-state index in [-0.39, 0.29) is 6.10 Å². The van der Waals surface area contributed by atoms with Gasteiger partial charge in [0.05, 0.1) is 18.0 Å². The van der Waals surface area contributed by atoms with Crippen molar-refractivity contribution in [3.63, 3.8) is 0 Å². The molecule has 0 aromatic carbocycles. The highest BCUT2D eigenvalue weighted by Gasteiger charge is 2.23. The third-order valence-corrected chi connectivity index (χ3v) is 4.38. The molecule has 0 radical (unpaired) electrons. The van der Waals surface area contributed by atoms with Crippen molar-refractivity contribution >= 4 is 0 Å². The summed E-state index contributed by atoms with van der Waals surface area (Å²) >= 11 is 0. The van der Waals surface area contributed by atoms with E-state index >= 15 is 0 Å². The molecule has 112 valence electrons. The highest BCUT2D eigenvalue weighted by molar-refractivity contribution is 5.61. The van der Waals surface area contributed by atoms with Crippen LogP contribution in [0.3, 0.4) is 0 Å². The molecule has 0 saturated carbocycles. The number of nitrogens with zero attached hydrogens (tertiary/aromatic N) is 3. The maximum atomic E-state index is 9.67. The molecule has 1 aliphatic rings. The second-order valence-corrected chi connectivity index (χ2v) is 5.87. The standard InChI is InChI=1S/C16H22N4O/c1-12(21)13-4-7-20(8-5-13)11-15-10-18-19-16(15)14-3-2-6-17-9-14/h2-3,6,9-10,12-13,21H,4-5,7-8,11H2,1H3,(H,18,19). The van der Waals surface area contributed by atoms with Gasteiger partial charge in [0.1, 0.15) is 0 Å². The molecule has 0 bridgehead atoms. The molecular formula is C16H22N4O. The summed E-state index contributed by atoms with van der Waals surface area (Å²) in [5.41, 5.74) is 3.34. The Balaban J connectivity index is 1.66. The third-order valence-electron chi connectivity index (χ3n) is 4.38. The summed E-state index contributed by atoms with van der Waals surface area (Å²) < 4.78 is 0. The fourth-order valence-electron chi connectivity index (χ4n) is 3.03.